The van der Waals surface area contributed by atoms with Gasteiger partial charge in [-0.15, -0.1) is 0 Å². The van der Waals surface area contributed by atoms with Gasteiger partial charge in [-0.25, -0.2) is 29.0 Å². The second-order valence-corrected chi connectivity index (χ2v) is 16.8. The van der Waals surface area contributed by atoms with Gasteiger partial charge in [0.25, 0.3) is 0 Å². The van der Waals surface area contributed by atoms with Crippen LogP contribution in [0.25, 0.3) is 0 Å². The molecule has 0 aromatic heterocycles. The predicted octanol–water partition coefficient (Wildman–Crippen LogP) is 10.1. The van der Waals surface area contributed by atoms with Crippen LogP contribution < -0.4 is 0 Å². The zero-order chi connectivity index (χ0) is 42.3. The summed E-state index contributed by atoms with van der Waals surface area (Å²) in [5, 5.41) is 49.6. The molecular formula is C42H60O12. The fraction of sp³-hybridized carbons (Fsp3) is 0.500. The highest BCUT2D eigenvalue weighted by atomic mass is 17.2. The van der Waals surface area contributed by atoms with E-state index in [2.05, 4.69) is 25.7 Å². The van der Waals surface area contributed by atoms with Crippen molar-refractivity contribution >= 4 is 17.9 Å². The summed E-state index contributed by atoms with van der Waals surface area (Å²) in [6.07, 6.45) is 0. The average Bonchev–Trinajstić information content (AvgIpc) is 2.97. The molecule has 0 bridgehead atoms. The largest absolute Gasteiger partial charge is 0.478 e. The predicted molar refractivity (Wildman–Crippen MR) is 206 cm³/mol. The number of hydrogen-bond acceptors (Lipinski definition) is 9. The summed E-state index contributed by atoms with van der Waals surface area (Å²) in [5.74, 6) is -3.06. The first-order valence-corrected chi connectivity index (χ1v) is 17.5. The Labute approximate surface area is 319 Å². The molecule has 12 nitrogen and oxygen atoms in total. The van der Waals surface area contributed by atoms with Crippen molar-refractivity contribution in [2.24, 2.45) is 10.8 Å². The molecule has 0 radical (unpaired) electrons. The van der Waals surface area contributed by atoms with Crippen molar-refractivity contribution in [1.82, 2.24) is 0 Å². The van der Waals surface area contributed by atoms with Gasteiger partial charge in [0, 0.05) is 5.56 Å². The van der Waals surface area contributed by atoms with E-state index in [1.54, 1.807) is 32.0 Å². The highest BCUT2D eigenvalue weighted by Gasteiger charge is 2.58. The first kappa shape index (κ1) is 47.9. The lowest BCUT2D eigenvalue weighted by Gasteiger charge is -2.54. The number of carbonyl (C=O) groups is 3. The molecule has 3 aromatic rings. The first-order valence-electron chi connectivity index (χ1n) is 17.5. The van der Waals surface area contributed by atoms with Crippen molar-refractivity contribution in [3.63, 3.8) is 0 Å². The van der Waals surface area contributed by atoms with E-state index in [0.717, 1.165) is 22.3 Å². The Balaban J connectivity index is 0.000000758. The van der Waals surface area contributed by atoms with Crippen molar-refractivity contribution in [3.05, 3.63) is 103 Å². The lowest BCUT2D eigenvalue weighted by molar-refractivity contribution is -0.420. The summed E-state index contributed by atoms with van der Waals surface area (Å²) >= 11 is 0. The van der Waals surface area contributed by atoms with Crippen LogP contribution in [-0.2, 0) is 38.9 Å². The van der Waals surface area contributed by atoms with Gasteiger partial charge in [-0.1, -0.05) is 104 Å². The van der Waals surface area contributed by atoms with E-state index >= 15 is 0 Å². The molecule has 12 heteroatoms. The maximum Gasteiger partial charge on any atom is 0.336 e. The van der Waals surface area contributed by atoms with Gasteiger partial charge in [0.15, 0.2) is 0 Å². The van der Waals surface area contributed by atoms with Crippen molar-refractivity contribution in [2.45, 2.75) is 128 Å². The van der Waals surface area contributed by atoms with Gasteiger partial charge in [-0.3, -0.25) is 15.8 Å². The Morgan fingerprint density at radius 1 is 0.537 bits per heavy atom. The molecule has 0 fully saturated rings. The number of aryl methyl sites for hydroxylation is 6. The Hall–Kier alpha value is -4.17. The summed E-state index contributed by atoms with van der Waals surface area (Å²) in [6, 6.07) is 9.01. The number of aromatic carboxylic acids is 3. The lowest BCUT2D eigenvalue weighted by atomic mass is 9.56. The minimum Gasteiger partial charge on any atom is -0.478 e. The Bertz CT molecular complexity index is 1810. The Kier molecular flexibility index (Phi) is 16.3. The summed E-state index contributed by atoms with van der Waals surface area (Å²) in [4.78, 5) is 52.3. The molecule has 0 spiro atoms. The molecule has 0 aliphatic rings. The van der Waals surface area contributed by atoms with Gasteiger partial charge >= 0.3 is 17.9 Å². The van der Waals surface area contributed by atoms with Gasteiger partial charge in [0.05, 0.1) is 16.7 Å². The number of carboxylic acids is 3. The van der Waals surface area contributed by atoms with Crippen LogP contribution in [0, 0.1) is 52.4 Å². The molecular weight excluding hydrogens is 696 g/mol. The van der Waals surface area contributed by atoms with E-state index in [-0.39, 0.29) is 29.9 Å². The van der Waals surface area contributed by atoms with Crippen LogP contribution in [-0.4, -0.2) is 49.0 Å². The van der Waals surface area contributed by atoms with Gasteiger partial charge < -0.3 is 15.3 Å². The molecule has 0 aliphatic carbocycles. The van der Waals surface area contributed by atoms with Crippen LogP contribution in [0.5, 0.6) is 0 Å². The summed E-state index contributed by atoms with van der Waals surface area (Å²) in [7, 11) is 0. The zero-order valence-corrected chi connectivity index (χ0v) is 34.4. The third-order valence-electron chi connectivity index (χ3n) is 9.32. The molecule has 54 heavy (non-hydrogen) atoms. The van der Waals surface area contributed by atoms with Gasteiger partial charge in [0.1, 0.15) is 18.8 Å². The normalized spacial score (nSPS) is 12.0. The van der Waals surface area contributed by atoms with Crippen LogP contribution in [0.15, 0.2) is 30.3 Å². The minimum atomic E-state index is -1.23. The van der Waals surface area contributed by atoms with Gasteiger partial charge in [-0.2, -0.15) is 0 Å². The quantitative estimate of drug-likeness (QED) is 0.0846. The number of carboxylic acid groups (broad SMARTS) is 3. The van der Waals surface area contributed by atoms with E-state index in [4.69, 9.17) is 30.7 Å². The maximum absolute atomic E-state index is 12.9. The number of benzene rings is 3. The minimum absolute atomic E-state index is 0.101. The molecule has 6 N–H and O–H groups in total. The zero-order valence-electron chi connectivity index (χ0n) is 34.4. The van der Waals surface area contributed by atoms with Gasteiger partial charge in [-0.05, 0) is 96.7 Å². The third kappa shape index (κ3) is 10.5. The summed E-state index contributed by atoms with van der Waals surface area (Å²) in [5.41, 5.74) is 5.03. The third-order valence-corrected chi connectivity index (χ3v) is 9.32. The second kappa shape index (κ2) is 18.4. The maximum atomic E-state index is 12.9. The highest BCUT2D eigenvalue weighted by Crippen LogP contribution is 2.58. The van der Waals surface area contributed by atoms with Gasteiger partial charge in [0.2, 0.25) is 0 Å². The van der Waals surface area contributed by atoms with E-state index in [1.807, 2.05) is 81.4 Å². The van der Waals surface area contributed by atoms with Crippen molar-refractivity contribution in [2.75, 3.05) is 0 Å². The fourth-order valence-corrected chi connectivity index (χ4v) is 7.95. The van der Waals surface area contributed by atoms with E-state index < -0.39 is 39.8 Å². The first-order chi connectivity index (χ1) is 24.6. The van der Waals surface area contributed by atoms with E-state index in [1.165, 1.54) is 0 Å². The van der Waals surface area contributed by atoms with Crippen LogP contribution in [0.3, 0.4) is 0 Å². The fourth-order valence-electron chi connectivity index (χ4n) is 7.95. The molecule has 0 saturated carbocycles. The second-order valence-electron chi connectivity index (χ2n) is 16.8. The van der Waals surface area contributed by atoms with Crippen LogP contribution in [0.4, 0.5) is 0 Å². The van der Waals surface area contributed by atoms with Crippen LogP contribution in [0.2, 0.25) is 0 Å². The molecule has 300 valence electrons. The molecule has 0 amide bonds. The summed E-state index contributed by atoms with van der Waals surface area (Å²) in [6.45, 7) is 29.2. The monoisotopic (exact) mass is 756 g/mol. The Morgan fingerprint density at radius 3 is 1.24 bits per heavy atom. The summed E-state index contributed by atoms with van der Waals surface area (Å²) < 4.78 is 0. The molecule has 0 atom stereocenters. The van der Waals surface area contributed by atoms with E-state index in [9.17, 15) is 24.6 Å². The SMILES string of the molecule is Cc1cc(C)c(C(=O)O)c(COO)c1.Cc1cc(C)c(C(=O)O)c(COOC(c2c(C(=O)O)c(C)cc(C)c2C(C)(C)C)(C(C)(C)C)C(C)(C)C)c1.OO. The average molecular weight is 757 g/mol. The Morgan fingerprint density at radius 2 is 0.907 bits per heavy atom. The van der Waals surface area contributed by atoms with Crippen molar-refractivity contribution in [1.29, 1.82) is 0 Å². The molecule has 0 heterocycles. The number of rotatable bonds is 10. The molecule has 0 saturated heterocycles. The lowest BCUT2D eigenvalue weighted by Crippen LogP contribution is -2.54. The molecule has 3 rings (SSSR count). The molecule has 3 aromatic carbocycles. The van der Waals surface area contributed by atoms with Crippen molar-refractivity contribution < 1.29 is 60.1 Å². The molecule has 0 aliphatic heterocycles. The highest BCUT2D eigenvalue weighted by molar-refractivity contribution is 5.93. The van der Waals surface area contributed by atoms with E-state index in [0.29, 0.717) is 33.4 Å². The smallest absolute Gasteiger partial charge is 0.336 e. The van der Waals surface area contributed by atoms with Crippen LogP contribution >= 0.6 is 0 Å². The van der Waals surface area contributed by atoms with Crippen LogP contribution in [0.1, 0.15) is 149 Å². The topological polar surface area (TPSA) is 200 Å². The molecule has 0 unspecified atom stereocenters. The standard InChI is InChI=1S/C32H46O6.C10H12O4.H2O2/c1-18-14-19(2)23(27(33)34)22(15-18)17-37-38-32(30(8,9)10,31(11,12)13)26-24(28(35)36)20(3)16-21(4)25(26)29(5,6)7;1-6-3-7(2)9(10(11)12)8(4-6)5-14-13;1-2/h14-16H,17H2,1-13H3,(H,33,34)(H,35,36);3-4,13H,5H2,1-2H3,(H,11,12);1-2H. The van der Waals surface area contributed by atoms with Crippen molar-refractivity contribution in [3.8, 4) is 0 Å². The number of hydrogen-bond donors (Lipinski definition) is 6.